The fourth-order valence-electron chi connectivity index (χ4n) is 2.99. The van der Waals surface area contributed by atoms with Gasteiger partial charge >= 0.3 is 0 Å². The molecule has 0 unspecified atom stereocenters. The van der Waals surface area contributed by atoms with Gasteiger partial charge in [0.05, 0.1) is 28.6 Å². The lowest BCUT2D eigenvalue weighted by atomic mass is 9.77. The maximum Gasteiger partial charge on any atom is 0.263 e. The molecule has 23 heavy (non-hydrogen) atoms. The molecule has 8 heteroatoms. The molecular weight excluding hydrogens is 344 g/mol. The summed E-state index contributed by atoms with van der Waals surface area (Å²) in [5.41, 5.74) is 4.47. The van der Waals surface area contributed by atoms with E-state index in [1.165, 1.54) is 4.57 Å². The van der Waals surface area contributed by atoms with E-state index < -0.39 is 18.3 Å². The lowest BCUT2D eigenvalue weighted by Gasteiger charge is -2.41. The summed E-state index contributed by atoms with van der Waals surface area (Å²) in [5, 5.41) is 9.68. The monoisotopic (exact) mass is 361 g/mol. The van der Waals surface area contributed by atoms with Crippen LogP contribution in [0.3, 0.4) is 0 Å². The molecule has 1 aliphatic rings. The van der Waals surface area contributed by atoms with E-state index in [0.717, 1.165) is 0 Å². The number of rotatable bonds is 3. The zero-order valence-electron chi connectivity index (χ0n) is 12.5. The molecule has 3 N–H and O–H groups in total. The van der Waals surface area contributed by atoms with Crippen molar-refractivity contribution in [3.8, 4) is 0 Å². The van der Waals surface area contributed by atoms with Crippen LogP contribution >= 0.6 is 24.0 Å². The molecule has 5 nitrogen and oxygen atoms in total. The van der Waals surface area contributed by atoms with Crippen molar-refractivity contribution in [1.29, 1.82) is 0 Å². The van der Waals surface area contributed by atoms with Gasteiger partial charge in [0.15, 0.2) is 0 Å². The second kappa shape index (κ2) is 6.36. The minimum atomic E-state index is -1.63. The Labute approximate surface area is 143 Å². The number of hydrogen-bond acceptors (Lipinski definition) is 4. The normalized spacial score (nSPS) is 24.8. The van der Waals surface area contributed by atoms with E-state index >= 15 is 0 Å². The maximum absolute atomic E-state index is 14.0. The van der Waals surface area contributed by atoms with Crippen molar-refractivity contribution < 1.29 is 9.50 Å². The first-order valence-corrected chi connectivity index (χ1v) is 7.50. The number of alkyl halides is 1. The Hall–Kier alpha value is -1.21. The summed E-state index contributed by atoms with van der Waals surface area (Å²) < 4.78 is 15.4. The first kappa shape index (κ1) is 18.1. The van der Waals surface area contributed by atoms with Crippen LogP contribution in [0.2, 0.25) is 5.02 Å². The molecule has 0 aliphatic heterocycles. The van der Waals surface area contributed by atoms with Gasteiger partial charge in [-0.05, 0) is 19.1 Å². The zero-order valence-corrected chi connectivity index (χ0v) is 14.1. The Morgan fingerprint density at radius 2 is 2.22 bits per heavy atom. The number of aliphatic hydroxyl groups excluding tert-OH is 1. The van der Waals surface area contributed by atoms with Gasteiger partial charge < -0.3 is 10.8 Å². The maximum atomic E-state index is 14.0. The number of aromatic nitrogens is 2. The van der Waals surface area contributed by atoms with Crippen molar-refractivity contribution in [2.75, 3.05) is 6.61 Å². The summed E-state index contributed by atoms with van der Waals surface area (Å²) in [5.74, 6) is 0.407. The number of benzene rings is 1. The van der Waals surface area contributed by atoms with E-state index in [-0.39, 0.29) is 36.8 Å². The highest BCUT2D eigenvalue weighted by atomic mass is 35.5. The molecule has 0 bridgehead atoms. The van der Waals surface area contributed by atoms with Crippen molar-refractivity contribution in [1.82, 2.24) is 9.55 Å². The van der Waals surface area contributed by atoms with Gasteiger partial charge in [-0.25, -0.2) is 9.37 Å². The number of nitrogens with zero attached hydrogens (tertiary/aromatic N) is 2. The van der Waals surface area contributed by atoms with Crippen molar-refractivity contribution in [2.45, 2.75) is 37.5 Å². The summed E-state index contributed by atoms with van der Waals surface area (Å²) in [7, 11) is 0. The molecule has 3 rings (SSSR count). The van der Waals surface area contributed by atoms with Crippen molar-refractivity contribution in [3.63, 3.8) is 0 Å². The van der Waals surface area contributed by atoms with Crippen LogP contribution in [-0.4, -0.2) is 26.9 Å². The van der Waals surface area contributed by atoms with E-state index in [1.54, 1.807) is 25.1 Å². The molecule has 2 aromatic rings. The molecule has 1 aromatic carbocycles. The molecule has 0 spiro atoms. The molecule has 0 radical (unpaired) electrons. The molecule has 1 aliphatic carbocycles. The smallest absolute Gasteiger partial charge is 0.263 e. The molecule has 1 aromatic heterocycles. The molecule has 126 valence electrons. The number of aliphatic hydroxyl groups is 1. The summed E-state index contributed by atoms with van der Waals surface area (Å²) in [6, 6.07) is 4.20. The van der Waals surface area contributed by atoms with Gasteiger partial charge in [-0.15, -0.1) is 12.4 Å². The molecular formula is C15H18Cl2FN3O2. The molecule has 1 heterocycles. The SMILES string of the molecule is C[C@H](N)c1nc2cccc(Cl)c2c(=O)n1C1CC(F)(CO)C1.Cl. The number of halogens is 3. The van der Waals surface area contributed by atoms with Gasteiger partial charge in [0.2, 0.25) is 0 Å². The Bertz CT molecular complexity index is 788. The number of fused-ring (bicyclic) bond motifs is 1. The third-order valence-corrected chi connectivity index (χ3v) is 4.48. The average Bonchev–Trinajstić information content (AvgIpc) is 2.44. The van der Waals surface area contributed by atoms with E-state index in [4.69, 9.17) is 22.4 Å². The minimum Gasteiger partial charge on any atom is -0.393 e. The first-order chi connectivity index (χ1) is 10.4. The van der Waals surface area contributed by atoms with Crippen LogP contribution in [0.15, 0.2) is 23.0 Å². The van der Waals surface area contributed by atoms with Gasteiger partial charge in [-0.1, -0.05) is 17.7 Å². The second-order valence-electron chi connectivity index (χ2n) is 5.94. The lowest BCUT2D eigenvalue weighted by Crippen LogP contribution is -2.48. The Balaban J connectivity index is 0.00000192. The highest BCUT2D eigenvalue weighted by Crippen LogP contribution is 2.44. The van der Waals surface area contributed by atoms with Gasteiger partial charge in [0, 0.05) is 18.9 Å². The highest BCUT2D eigenvalue weighted by molar-refractivity contribution is 6.35. The Morgan fingerprint density at radius 3 is 2.78 bits per heavy atom. The van der Waals surface area contributed by atoms with Crippen molar-refractivity contribution >= 4 is 34.9 Å². The van der Waals surface area contributed by atoms with Crippen LogP contribution in [0.4, 0.5) is 4.39 Å². The average molecular weight is 362 g/mol. The number of nitrogens with two attached hydrogens (primary N) is 1. The van der Waals surface area contributed by atoms with E-state index in [0.29, 0.717) is 21.7 Å². The van der Waals surface area contributed by atoms with E-state index in [2.05, 4.69) is 4.98 Å². The topological polar surface area (TPSA) is 81.1 Å². The van der Waals surface area contributed by atoms with E-state index in [1.807, 2.05) is 0 Å². The number of hydrogen-bond donors (Lipinski definition) is 2. The third kappa shape index (κ3) is 2.96. The fraction of sp³-hybridized carbons (Fsp3) is 0.467. The summed E-state index contributed by atoms with van der Waals surface area (Å²) in [6.07, 6.45) is 0.140. The van der Waals surface area contributed by atoms with Crippen molar-refractivity contribution in [3.05, 3.63) is 39.4 Å². The van der Waals surface area contributed by atoms with Crippen LogP contribution in [-0.2, 0) is 0 Å². The summed E-state index contributed by atoms with van der Waals surface area (Å²) in [4.78, 5) is 17.2. The fourth-order valence-corrected chi connectivity index (χ4v) is 3.24. The van der Waals surface area contributed by atoms with Crippen LogP contribution in [0.1, 0.15) is 37.7 Å². The standard InChI is InChI=1S/C15H17ClFN3O2.ClH/c1-8(18)13-19-11-4-2-3-10(16)12(11)14(22)20(13)9-5-15(17,6-9)7-21;/h2-4,8-9,21H,5-7,18H2,1H3;1H/t8-,9?,15?;/m0./s1. The van der Waals surface area contributed by atoms with E-state index in [9.17, 15) is 9.18 Å². The Morgan fingerprint density at radius 1 is 1.57 bits per heavy atom. The largest absolute Gasteiger partial charge is 0.393 e. The predicted molar refractivity (Wildman–Crippen MR) is 90.1 cm³/mol. The minimum absolute atomic E-state index is 0. The van der Waals surface area contributed by atoms with Gasteiger partial charge in [0.1, 0.15) is 11.5 Å². The molecule has 1 saturated carbocycles. The van der Waals surface area contributed by atoms with Gasteiger partial charge in [0.25, 0.3) is 5.56 Å². The van der Waals surface area contributed by atoms with Crippen LogP contribution in [0.25, 0.3) is 10.9 Å². The second-order valence-corrected chi connectivity index (χ2v) is 6.35. The lowest BCUT2D eigenvalue weighted by molar-refractivity contribution is -0.0354. The quantitative estimate of drug-likeness (QED) is 0.879. The molecule has 0 saturated heterocycles. The molecule has 1 fully saturated rings. The summed E-state index contributed by atoms with van der Waals surface area (Å²) >= 11 is 6.12. The highest BCUT2D eigenvalue weighted by Gasteiger charge is 2.46. The Kier molecular flexibility index (Phi) is 5.01. The van der Waals surface area contributed by atoms with Gasteiger partial charge in [-0.2, -0.15) is 0 Å². The van der Waals surface area contributed by atoms with Crippen molar-refractivity contribution in [2.24, 2.45) is 5.73 Å². The predicted octanol–water partition coefficient (Wildman–Crippen LogP) is 2.53. The van der Waals surface area contributed by atoms with Crippen LogP contribution in [0.5, 0.6) is 0 Å². The van der Waals surface area contributed by atoms with Gasteiger partial charge in [-0.3, -0.25) is 9.36 Å². The molecule has 1 atom stereocenters. The van der Waals surface area contributed by atoms with Crippen LogP contribution in [0, 0.1) is 0 Å². The van der Waals surface area contributed by atoms with Crippen LogP contribution < -0.4 is 11.3 Å². The third-order valence-electron chi connectivity index (χ3n) is 4.16. The summed E-state index contributed by atoms with van der Waals surface area (Å²) in [6.45, 7) is 1.18. The molecule has 0 amide bonds. The zero-order chi connectivity index (χ0) is 16.1. The first-order valence-electron chi connectivity index (χ1n) is 7.12.